The van der Waals surface area contributed by atoms with E-state index in [0.29, 0.717) is 5.69 Å². The molecule has 3 aliphatic rings. The van der Waals surface area contributed by atoms with Crippen LogP contribution in [-0.4, -0.2) is 71.4 Å². The Morgan fingerprint density at radius 2 is 1.89 bits per heavy atom. The van der Waals surface area contributed by atoms with Gasteiger partial charge in [0.2, 0.25) is 17.7 Å². The van der Waals surface area contributed by atoms with Crippen molar-refractivity contribution < 1.29 is 19.5 Å². The molecular weight excluding hydrogens is 504 g/mol. The molecule has 1 aromatic heterocycles. The van der Waals surface area contributed by atoms with Crippen molar-refractivity contribution in [2.45, 2.75) is 49.0 Å². The SMILES string of the molecule is CC1C[C@H]2SC13C(C(=O)NCn1nnc4ccccc41)N([C@H](C)CO)C(=O)[C@@H]3[C@H]2C(=O)Nc1ccccc1. The Hall–Kier alpha value is -3.44. The van der Waals surface area contributed by atoms with Gasteiger partial charge in [0.1, 0.15) is 18.2 Å². The maximum Gasteiger partial charge on any atom is 0.245 e. The number of aromatic nitrogens is 3. The van der Waals surface area contributed by atoms with E-state index in [1.165, 1.54) is 4.90 Å². The van der Waals surface area contributed by atoms with Crippen molar-refractivity contribution >= 4 is 46.2 Å². The molecule has 3 unspecified atom stereocenters. The quantitative estimate of drug-likeness (QED) is 0.422. The van der Waals surface area contributed by atoms with Gasteiger partial charge in [0.25, 0.3) is 0 Å². The number of benzene rings is 2. The van der Waals surface area contributed by atoms with Crippen LogP contribution >= 0.6 is 11.8 Å². The Bertz CT molecular complexity index is 1400. The van der Waals surface area contributed by atoms with E-state index in [0.717, 1.165) is 17.5 Å². The number of amides is 3. The Labute approximate surface area is 224 Å². The lowest BCUT2D eigenvalue weighted by Crippen LogP contribution is -2.58. The van der Waals surface area contributed by atoms with Crippen molar-refractivity contribution in [1.82, 2.24) is 25.2 Å². The lowest BCUT2D eigenvalue weighted by Gasteiger charge is -2.39. The second-order valence-corrected chi connectivity index (χ2v) is 12.0. The van der Waals surface area contributed by atoms with E-state index in [4.69, 9.17) is 0 Å². The summed E-state index contributed by atoms with van der Waals surface area (Å²) in [5.74, 6) is -1.94. The number of para-hydroxylation sites is 2. The number of hydrogen-bond acceptors (Lipinski definition) is 7. The van der Waals surface area contributed by atoms with Gasteiger partial charge in [-0.25, -0.2) is 4.68 Å². The summed E-state index contributed by atoms with van der Waals surface area (Å²) < 4.78 is 0.843. The predicted octanol–water partition coefficient (Wildman–Crippen LogP) is 1.86. The minimum absolute atomic E-state index is 0.0334. The van der Waals surface area contributed by atoms with Crippen molar-refractivity contribution in [3.05, 3.63) is 54.6 Å². The highest BCUT2D eigenvalue weighted by Crippen LogP contribution is 2.68. The molecule has 198 valence electrons. The van der Waals surface area contributed by atoms with Gasteiger partial charge in [-0.3, -0.25) is 14.4 Å². The summed E-state index contributed by atoms with van der Waals surface area (Å²) >= 11 is 1.60. The number of likely N-dealkylation sites (tertiary alicyclic amines) is 1. The normalized spacial score (nSPS) is 30.4. The van der Waals surface area contributed by atoms with Crippen LogP contribution in [-0.2, 0) is 21.1 Å². The van der Waals surface area contributed by atoms with E-state index in [1.807, 2.05) is 54.6 Å². The average molecular weight is 535 g/mol. The summed E-state index contributed by atoms with van der Waals surface area (Å²) in [6.45, 7) is 3.61. The summed E-state index contributed by atoms with van der Waals surface area (Å²) in [5, 5.41) is 24.2. The number of carbonyl (C=O) groups excluding carboxylic acids is 3. The van der Waals surface area contributed by atoms with Crippen LogP contribution in [0.4, 0.5) is 5.69 Å². The molecule has 7 atom stereocenters. The Morgan fingerprint density at radius 1 is 1.16 bits per heavy atom. The Kier molecular flexibility index (Phi) is 6.14. The molecule has 0 radical (unpaired) electrons. The van der Waals surface area contributed by atoms with Crippen molar-refractivity contribution in [2.75, 3.05) is 11.9 Å². The molecule has 0 aliphatic carbocycles. The number of nitrogens with one attached hydrogen (secondary N) is 2. The number of rotatable bonds is 7. The van der Waals surface area contributed by atoms with Gasteiger partial charge in [0.05, 0.1) is 34.7 Å². The molecular formula is C27H30N6O4S. The first-order valence-corrected chi connectivity index (χ1v) is 13.8. The van der Waals surface area contributed by atoms with Gasteiger partial charge in [-0.1, -0.05) is 42.5 Å². The molecule has 3 saturated heterocycles. The summed E-state index contributed by atoms with van der Waals surface area (Å²) in [6, 6.07) is 15.3. The summed E-state index contributed by atoms with van der Waals surface area (Å²) in [6.07, 6.45) is 0.736. The number of hydrogen-bond donors (Lipinski definition) is 3. The smallest absolute Gasteiger partial charge is 0.245 e. The van der Waals surface area contributed by atoms with E-state index >= 15 is 0 Å². The van der Waals surface area contributed by atoms with Gasteiger partial charge in [-0.15, -0.1) is 16.9 Å². The zero-order valence-electron chi connectivity index (χ0n) is 21.2. The molecule has 3 N–H and O–H groups in total. The minimum Gasteiger partial charge on any atom is -0.394 e. The van der Waals surface area contributed by atoms with E-state index in [9.17, 15) is 19.5 Å². The van der Waals surface area contributed by atoms with Crippen LogP contribution in [0.25, 0.3) is 11.0 Å². The molecule has 1 spiro atoms. The number of aliphatic hydroxyl groups is 1. The molecule has 6 rings (SSSR count). The molecule has 3 fully saturated rings. The number of anilines is 1. The lowest BCUT2D eigenvalue weighted by atomic mass is 9.66. The molecule has 4 heterocycles. The first kappa shape index (κ1) is 24.9. The van der Waals surface area contributed by atoms with Gasteiger partial charge in [0, 0.05) is 10.9 Å². The molecule has 0 saturated carbocycles. The van der Waals surface area contributed by atoms with E-state index in [1.54, 1.807) is 23.4 Å². The highest BCUT2D eigenvalue weighted by Gasteiger charge is 2.76. The van der Waals surface area contributed by atoms with E-state index in [2.05, 4.69) is 27.9 Å². The topological polar surface area (TPSA) is 129 Å². The summed E-state index contributed by atoms with van der Waals surface area (Å²) in [4.78, 5) is 43.0. The Balaban J connectivity index is 1.32. The molecule has 2 aromatic carbocycles. The fraction of sp³-hybridized carbons (Fsp3) is 0.444. The fourth-order valence-electron chi connectivity index (χ4n) is 6.65. The predicted molar refractivity (Wildman–Crippen MR) is 143 cm³/mol. The van der Waals surface area contributed by atoms with Crippen molar-refractivity contribution in [3.8, 4) is 0 Å². The third-order valence-corrected chi connectivity index (χ3v) is 10.4. The van der Waals surface area contributed by atoms with E-state index < -0.39 is 28.7 Å². The van der Waals surface area contributed by atoms with E-state index in [-0.39, 0.29) is 42.2 Å². The number of fused-ring (bicyclic) bond motifs is 2. The Morgan fingerprint density at radius 3 is 2.66 bits per heavy atom. The van der Waals surface area contributed by atoms with Crippen LogP contribution < -0.4 is 10.6 Å². The average Bonchev–Trinajstić information content (AvgIpc) is 3.64. The summed E-state index contributed by atoms with van der Waals surface area (Å²) in [5.41, 5.74) is 2.18. The number of thioether (sulfide) groups is 1. The van der Waals surface area contributed by atoms with Crippen LogP contribution in [0.2, 0.25) is 0 Å². The van der Waals surface area contributed by atoms with Crippen molar-refractivity contribution in [3.63, 3.8) is 0 Å². The van der Waals surface area contributed by atoms with Crippen LogP contribution in [0.5, 0.6) is 0 Å². The standard InChI is InChI=1S/C27H30N6O4S/c1-15-12-20-21(24(35)29-17-8-4-3-5-9-17)22-26(37)33(16(2)13-34)23(27(15,22)38-20)25(36)28-14-32-19-11-7-6-10-18(19)30-31-32/h3-11,15-16,20-23,34H,12-14H2,1-2H3,(H,28,36)(H,29,35)/t15?,16-,20-,21+,22+,23?,27?/m1/s1. The van der Waals surface area contributed by atoms with Crippen LogP contribution in [0, 0.1) is 17.8 Å². The molecule has 2 bridgehead atoms. The molecule has 3 aromatic rings. The molecule has 38 heavy (non-hydrogen) atoms. The van der Waals surface area contributed by atoms with Gasteiger partial charge in [-0.2, -0.15) is 0 Å². The second-order valence-electron chi connectivity index (χ2n) is 10.5. The zero-order valence-corrected chi connectivity index (χ0v) is 22.0. The van der Waals surface area contributed by atoms with Gasteiger partial charge >= 0.3 is 0 Å². The first-order chi connectivity index (χ1) is 18.4. The number of aliphatic hydroxyl groups excluding tert-OH is 1. The molecule has 3 aliphatic heterocycles. The molecule has 3 amide bonds. The van der Waals surface area contributed by atoms with Crippen molar-refractivity contribution in [1.29, 1.82) is 0 Å². The molecule has 10 nitrogen and oxygen atoms in total. The third kappa shape index (κ3) is 3.63. The second kappa shape index (κ2) is 9.39. The first-order valence-electron chi connectivity index (χ1n) is 12.9. The fourth-order valence-corrected chi connectivity index (χ4v) is 9.06. The van der Waals surface area contributed by atoms with Crippen LogP contribution in [0.3, 0.4) is 0 Å². The maximum absolute atomic E-state index is 14.0. The van der Waals surface area contributed by atoms with Crippen LogP contribution in [0.1, 0.15) is 20.3 Å². The largest absolute Gasteiger partial charge is 0.394 e. The number of nitrogens with zero attached hydrogens (tertiary/aromatic N) is 4. The highest BCUT2D eigenvalue weighted by atomic mass is 32.2. The monoisotopic (exact) mass is 534 g/mol. The third-order valence-electron chi connectivity index (χ3n) is 8.34. The van der Waals surface area contributed by atoms with Crippen molar-refractivity contribution in [2.24, 2.45) is 17.8 Å². The maximum atomic E-state index is 14.0. The highest BCUT2D eigenvalue weighted by molar-refractivity contribution is 8.02. The van der Waals surface area contributed by atoms with Gasteiger partial charge in [0.15, 0.2) is 0 Å². The van der Waals surface area contributed by atoms with Gasteiger partial charge in [-0.05, 0) is 43.5 Å². The summed E-state index contributed by atoms with van der Waals surface area (Å²) in [7, 11) is 0. The van der Waals surface area contributed by atoms with Crippen LogP contribution in [0.15, 0.2) is 54.6 Å². The minimum atomic E-state index is -0.823. The number of carbonyl (C=O) groups is 3. The zero-order chi connectivity index (χ0) is 26.6. The lowest BCUT2D eigenvalue weighted by molar-refractivity contribution is -0.141. The van der Waals surface area contributed by atoms with Gasteiger partial charge < -0.3 is 20.6 Å². The molecule has 11 heteroatoms.